The Bertz CT molecular complexity index is 1260. The number of nitro groups is 1. The molecule has 1 heterocycles. The summed E-state index contributed by atoms with van der Waals surface area (Å²) in [6.07, 6.45) is 1.63. The maximum absolute atomic E-state index is 12.9. The smallest absolute Gasteiger partial charge is 0.293 e. The molecule has 0 radical (unpaired) electrons. The second-order valence-corrected chi connectivity index (χ2v) is 8.51. The number of nitro benzene ring substituents is 1. The Labute approximate surface area is 198 Å². The van der Waals surface area contributed by atoms with Crippen molar-refractivity contribution in [1.29, 1.82) is 0 Å². The predicted octanol–water partition coefficient (Wildman–Crippen LogP) is 6.06. The lowest BCUT2D eigenvalue weighted by atomic mass is 10.1. The largest absolute Gasteiger partial charge is 0.488 e. The SMILES string of the molecule is O=C1S/C(=C/c2ccccc2OCc2ccccc2Cl)C(=O)N1Cc1ccc([N+](=O)[O-])cc1. The molecule has 0 aliphatic carbocycles. The highest BCUT2D eigenvalue weighted by atomic mass is 35.5. The topological polar surface area (TPSA) is 89.8 Å². The van der Waals surface area contributed by atoms with Crippen molar-refractivity contribution >= 4 is 46.3 Å². The van der Waals surface area contributed by atoms with Crippen LogP contribution >= 0.6 is 23.4 Å². The minimum atomic E-state index is -0.502. The van der Waals surface area contributed by atoms with Crippen molar-refractivity contribution in [2.75, 3.05) is 0 Å². The van der Waals surface area contributed by atoms with E-state index < -0.39 is 16.1 Å². The van der Waals surface area contributed by atoms with Crippen LogP contribution in [0, 0.1) is 10.1 Å². The predicted molar refractivity (Wildman–Crippen MR) is 127 cm³/mol. The summed E-state index contributed by atoms with van der Waals surface area (Å²) < 4.78 is 5.93. The van der Waals surface area contributed by atoms with Gasteiger partial charge in [-0.05, 0) is 35.5 Å². The molecule has 0 atom stereocenters. The number of hydrogen-bond acceptors (Lipinski definition) is 6. The number of thioether (sulfide) groups is 1. The number of hydrogen-bond donors (Lipinski definition) is 0. The van der Waals surface area contributed by atoms with Crippen LogP contribution in [0.25, 0.3) is 6.08 Å². The van der Waals surface area contributed by atoms with Crippen molar-refractivity contribution in [3.63, 3.8) is 0 Å². The molecule has 0 N–H and O–H groups in total. The molecule has 1 aliphatic heterocycles. The minimum Gasteiger partial charge on any atom is -0.488 e. The molecule has 166 valence electrons. The van der Waals surface area contributed by atoms with E-state index in [4.69, 9.17) is 16.3 Å². The molecule has 9 heteroatoms. The quantitative estimate of drug-likeness (QED) is 0.232. The van der Waals surface area contributed by atoms with E-state index in [2.05, 4.69) is 0 Å². The standard InChI is InChI=1S/C24H17ClN2O5S/c25-20-7-3-1-6-18(20)15-32-21-8-4-2-5-17(21)13-22-23(28)26(24(29)33-22)14-16-9-11-19(12-10-16)27(30)31/h1-13H,14-15H2/b22-13+. The van der Waals surface area contributed by atoms with E-state index in [0.717, 1.165) is 22.2 Å². The van der Waals surface area contributed by atoms with E-state index in [1.54, 1.807) is 24.3 Å². The van der Waals surface area contributed by atoms with Crippen LogP contribution in [0.4, 0.5) is 10.5 Å². The third-order valence-electron chi connectivity index (χ3n) is 4.91. The van der Waals surface area contributed by atoms with Gasteiger partial charge < -0.3 is 4.74 Å². The van der Waals surface area contributed by atoms with Crippen LogP contribution in [0.2, 0.25) is 5.02 Å². The van der Waals surface area contributed by atoms with Crippen molar-refractivity contribution < 1.29 is 19.2 Å². The molecule has 1 fully saturated rings. The summed E-state index contributed by atoms with van der Waals surface area (Å²) in [4.78, 5) is 37.1. The lowest BCUT2D eigenvalue weighted by Crippen LogP contribution is -2.27. The molecule has 7 nitrogen and oxygen atoms in total. The van der Waals surface area contributed by atoms with Gasteiger partial charge in [0.1, 0.15) is 12.4 Å². The number of benzene rings is 3. The molecule has 0 bridgehead atoms. The number of imide groups is 1. The number of nitrogens with zero attached hydrogens (tertiary/aromatic N) is 2. The molecule has 4 rings (SSSR count). The molecule has 3 aromatic rings. The number of rotatable bonds is 7. The highest BCUT2D eigenvalue weighted by Gasteiger charge is 2.35. The molecule has 33 heavy (non-hydrogen) atoms. The van der Waals surface area contributed by atoms with Crippen LogP contribution in [-0.2, 0) is 17.9 Å². The van der Waals surface area contributed by atoms with Crippen molar-refractivity contribution in [3.8, 4) is 5.75 Å². The zero-order valence-corrected chi connectivity index (χ0v) is 18.7. The lowest BCUT2D eigenvalue weighted by Gasteiger charge is -2.12. The fraction of sp³-hybridized carbons (Fsp3) is 0.0833. The Morgan fingerprint density at radius 3 is 2.42 bits per heavy atom. The minimum absolute atomic E-state index is 0.0324. The van der Waals surface area contributed by atoms with Crippen LogP contribution in [0.15, 0.2) is 77.7 Å². The Morgan fingerprint density at radius 1 is 1.00 bits per heavy atom. The summed E-state index contributed by atoms with van der Waals surface area (Å²) in [7, 11) is 0. The summed E-state index contributed by atoms with van der Waals surface area (Å²) in [5, 5.41) is 11.0. The maximum atomic E-state index is 12.9. The first kappa shape index (κ1) is 22.6. The van der Waals surface area contributed by atoms with Crippen molar-refractivity contribution in [1.82, 2.24) is 4.90 Å². The first-order valence-corrected chi connectivity index (χ1v) is 11.1. The zero-order chi connectivity index (χ0) is 23.4. The van der Waals surface area contributed by atoms with Crippen molar-refractivity contribution in [2.45, 2.75) is 13.2 Å². The van der Waals surface area contributed by atoms with Gasteiger partial charge in [-0.3, -0.25) is 24.6 Å². The fourth-order valence-electron chi connectivity index (χ4n) is 3.19. The Morgan fingerprint density at radius 2 is 1.70 bits per heavy atom. The first-order valence-electron chi connectivity index (χ1n) is 9.86. The van der Waals surface area contributed by atoms with Crippen LogP contribution < -0.4 is 4.74 Å². The molecule has 0 unspecified atom stereocenters. The Balaban J connectivity index is 1.50. The summed E-state index contributed by atoms with van der Waals surface area (Å²) >= 11 is 7.04. The monoisotopic (exact) mass is 480 g/mol. The summed E-state index contributed by atoms with van der Waals surface area (Å²) in [5.41, 5.74) is 2.05. The third-order valence-corrected chi connectivity index (χ3v) is 6.18. The molecule has 3 aromatic carbocycles. The lowest BCUT2D eigenvalue weighted by molar-refractivity contribution is -0.384. The molecule has 0 saturated carbocycles. The van der Waals surface area contributed by atoms with Gasteiger partial charge in [-0.15, -0.1) is 0 Å². The van der Waals surface area contributed by atoms with E-state index in [1.165, 1.54) is 24.3 Å². The van der Waals surface area contributed by atoms with Gasteiger partial charge in [0.15, 0.2) is 0 Å². The van der Waals surface area contributed by atoms with Crippen LogP contribution in [0.5, 0.6) is 5.75 Å². The van der Waals surface area contributed by atoms with E-state index in [-0.39, 0.29) is 23.7 Å². The molecule has 1 aliphatic rings. The van der Waals surface area contributed by atoms with Crippen LogP contribution in [0.1, 0.15) is 16.7 Å². The van der Waals surface area contributed by atoms with E-state index >= 15 is 0 Å². The van der Waals surface area contributed by atoms with Crippen LogP contribution in [-0.4, -0.2) is 21.0 Å². The van der Waals surface area contributed by atoms with Gasteiger partial charge >= 0.3 is 0 Å². The number of ether oxygens (including phenoxy) is 1. The molecule has 0 aromatic heterocycles. The molecule has 1 saturated heterocycles. The summed E-state index contributed by atoms with van der Waals surface area (Å²) in [5.74, 6) is 0.129. The zero-order valence-electron chi connectivity index (χ0n) is 17.1. The summed E-state index contributed by atoms with van der Waals surface area (Å²) in [6.45, 7) is 0.288. The number of carbonyl (C=O) groups is 2. The highest BCUT2D eigenvalue weighted by Crippen LogP contribution is 2.35. The van der Waals surface area contributed by atoms with Crippen molar-refractivity contribution in [2.24, 2.45) is 0 Å². The molecule has 0 spiro atoms. The van der Waals surface area contributed by atoms with E-state index in [9.17, 15) is 19.7 Å². The van der Waals surface area contributed by atoms with Crippen LogP contribution in [0.3, 0.4) is 0 Å². The molecular weight excluding hydrogens is 464 g/mol. The highest BCUT2D eigenvalue weighted by molar-refractivity contribution is 8.18. The van der Waals surface area contributed by atoms with Gasteiger partial charge in [0.25, 0.3) is 16.8 Å². The van der Waals surface area contributed by atoms with Gasteiger partial charge in [0.2, 0.25) is 0 Å². The average molecular weight is 481 g/mol. The van der Waals surface area contributed by atoms with Gasteiger partial charge in [0.05, 0.1) is 16.4 Å². The number of non-ortho nitro benzene ring substituents is 1. The number of halogens is 1. The van der Waals surface area contributed by atoms with Gasteiger partial charge in [0, 0.05) is 28.3 Å². The number of para-hydroxylation sites is 1. The van der Waals surface area contributed by atoms with E-state index in [1.807, 2.05) is 30.3 Å². The maximum Gasteiger partial charge on any atom is 0.293 e. The Kier molecular flexibility index (Phi) is 6.76. The number of carbonyl (C=O) groups excluding carboxylic acids is 2. The van der Waals surface area contributed by atoms with Gasteiger partial charge in [-0.1, -0.05) is 60.1 Å². The average Bonchev–Trinajstić information content (AvgIpc) is 3.07. The second-order valence-electron chi connectivity index (χ2n) is 7.11. The Hall–Kier alpha value is -3.62. The first-order chi connectivity index (χ1) is 15.9. The normalized spacial score (nSPS) is 14.7. The fourth-order valence-corrected chi connectivity index (χ4v) is 4.20. The summed E-state index contributed by atoms with van der Waals surface area (Å²) in [6, 6.07) is 20.3. The van der Waals surface area contributed by atoms with Gasteiger partial charge in [-0.25, -0.2) is 0 Å². The third kappa shape index (κ3) is 5.24. The molecular formula is C24H17ClN2O5S. The number of amides is 2. The van der Waals surface area contributed by atoms with E-state index in [0.29, 0.717) is 21.9 Å². The van der Waals surface area contributed by atoms with Gasteiger partial charge in [-0.2, -0.15) is 0 Å². The second kappa shape index (κ2) is 9.89. The molecule has 2 amide bonds. The van der Waals surface area contributed by atoms with Crippen molar-refractivity contribution in [3.05, 3.63) is 110 Å².